The van der Waals surface area contributed by atoms with E-state index in [0.29, 0.717) is 0 Å². The lowest BCUT2D eigenvalue weighted by Gasteiger charge is -2.12. The van der Waals surface area contributed by atoms with Crippen molar-refractivity contribution in [3.63, 3.8) is 0 Å². The van der Waals surface area contributed by atoms with Gasteiger partial charge in [0.2, 0.25) is 0 Å². The molecule has 0 saturated heterocycles. The van der Waals surface area contributed by atoms with Gasteiger partial charge in [-0.2, -0.15) is 0 Å². The molecule has 0 radical (unpaired) electrons. The first-order valence-electron chi connectivity index (χ1n) is 27.6. The van der Waals surface area contributed by atoms with E-state index >= 15 is 0 Å². The van der Waals surface area contributed by atoms with Crippen molar-refractivity contribution < 1.29 is 38.4 Å². The number of aromatic nitrogens is 2. The number of hydrogen-bond acceptors (Lipinski definition) is 0. The third kappa shape index (κ3) is 3.65. The van der Waals surface area contributed by atoms with Crippen LogP contribution in [0.5, 0.6) is 0 Å². The van der Waals surface area contributed by atoms with E-state index in [1.54, 1.807) is 0 Å². The zero-order chi connectivity index (χ0) is 54.6. The van der Waals surface area contributed by atoms with Gasteiger partial charge in [-0.25, -0.2) is 0 Å². The molecule has 0 fully saturated rings. The lowest BCUT2D eigenvalue weighted by Crippen LogP contribution is -1.95. The molecule has 0 bridgehead atoms. The maximum absolute atomic E-state index is 9.84. The highest BCUT2D eigenvalue weighted by molar-refractivity contribution is 6.13. The normalized spacial score (nSPS) is 20.4. The Morgan fingerprint density at radius 3 is 1.57 bits per heavy atom. The maximum atomic E-state index is 9.84. The van der Waals surface area contributed by atoms with E-state index in [2.05, 4.69) is 0 Å². The van der Waals surface area contributed by atoms with E-state index < -0.39 is 257 Å². The van der Waals surface area contributed by atoms with Crippen LogP contribution in [0, 0.1) is 0 Å². The van der Waals surface area contributed by atoms with Gasteiger partial charge in [0.05, 0.1) is 66.1 Å². The number of fused-ring (bicyclic) bond motifs is 8. The second-order valence-electron chi connectivity index (χ2n) is 10.0. The Kier molecular flexibility index (Phi) is 2.15. The molecule has 2 nitrogen and oxygen atoms in total. The van der Waals surface area contributed by atoms with E-state index in [4.69, 9.17) is 28.8 Å². The van der Waals surface area contributed by atoms with Crippen LogP contribution in [0.1, 0.15) is 38.4 Å². The molecule has 0 aliphatic heterocycles. The van der Waals surface area contributed by atoms with Crippen molar-refractivity contribution in [3.05, 3.63) is 169 Å². The zero-order valence-corrected chi connectivity index (χ0v) is 22.9. The molecule has 2 heteroatoms. The Hall–Kier alpha value is -6.12. The van der Waals surface area contributed by atoms with Crippen LogP contribution in [0.4, 0.5) is 0 Å². The van der Waals surface area contributed by atoms with Crippen LogP contribution < -0.4 is 0 Å². The minimum absolute atomic E-state index is 0.544. The third-order valence-corrected chi connectivity index (χ3v) is 7.54. The number of benzene rings is 8. The number of hydrogen-bond donors (Lipinski definition) is 0. The molecule has 8 aromatic carbocycles. The summed E-state index contributed by atoms with van der Waals surface area (Å²) in [6.07, 6.45) is 0. The lowest BCUT2D eigenvalue weighted by atomic mass is 10.0. The van der Waals surface area contributed by atoms with Gasteiger partial charge in [-0.1, -0.05) is 115 Å². The van der Waals surface area contributed by atoms with Crippen molar-refractivity contribution in [2.75, 3.05) is 0 Å². The minimum atomic E-state index is -1.04. The first-order valence-corrected chi connectivity index (χ1v) is 13.6. The van der Waals surface area contributed by atoms with Crippen molar-refractivity contribution >= 4 is 65.2 Å². The van der Waals surface area contributed by atoms with Gasteiger partial charge in [0.25, 0.3) is 0 Å². The summed E-state index contributed by atoms with van der Waals surface area (Å²) in [6.45, 7) is 0. The number of para-hydroxylation sites is 2. The van der Waals surface area contributed by atoms with Crippen LogP contribution in [0.3, 0.4) is 0 Å². The molecule has 0 N–H and O–H groups in total. The fourth-order valence-corrected chi connectivity index (χ4v) is 5.58. The predicted octanol–water partition coefficient (Wildman–Crippen LogP) is 11.9. The average molecular weight is 613 g/mol. The topological polar surface area (TPSA) is 9.86 Å². The van der Waals surface area contributed by atoms with Gasteiger partial charge >= 0.3 is 0 Å². The highest BCUT2D eigenvalue weighted by Crippen LogP contribution is 2.39. The summed E-state index contributed by atoms with van der Waals surface area (Å²) in [5.41, 5.74) is -5.65. The van der Waals surface area contributed by atoms with Gasteiger partial charge in [-0.05, 0) is 81.7 Å². The molecule has 0 amide bonds. The molecule has 0 unspecified atom stereocenters. The SMILES string of the molecule is [2H]c1c([2H])c([2H])c2c([2H])c(-n3c4c([2H])c([2H])c([2H])c([2H])c4c4c([2H])c(-c5c([2H])c([2H])c6c(c5[2H])c5c([2H])c([2H])c([2H])c([2H])c5n6-c5c([2H])c([2H])c([2H])c6c([2H])c([2H])c([2H])c([2H])c56)c([2H])c([2H])c43)c([2H])c([2H])c2c1[2H]. The lowest BCUT2D eigenvalue weighted by molar-refractivity contribution is 1.19. The first kappa shape index (κ1) is 10.2. The summed E-state index contributed by atoms with van der Waals surface area (Å²) in [7, 11) is 0. The van der Waals surface area contributed by atoms with Crippen LogP contribution in [0.2, 0.25) is 0 Å². The van der Waals surface area contributed by atoms with Crippen molar-refractivity contribution in [2.45, 2.75) is 0 Å². The molecule has 214 valence electrons. The average Bonchev–Trinajstić information content (AvgIpc) is 3.91. The monoisotopic (exact) mass is 612 g/mol. The number of rotatable bonds is 3. The van der Waals surface area contributed by atoms with Gasteiger partial charge in [0.15, 0.2) is 0 Å². The van der Waals surface area contributed by atoms with Gasteiger partial charge in [0.1, 0.15) is 0 Å². The molecule has 2 aromatic heterocycles. The fourth-order valence-electron chi connectivity index (χ4n) is 5.58. The Bertz CT molecular complexity index is 4390. The summed E-state index contributed by atoms with van der Waals surface area (Å²) in [5, 5.41) is -4.71. The molecule has 10 rings (SSSR count). The predicted molar refractivity (Wildman–Crippen MR) is 196 cm³/mol. The standard InChI is InChI=1S/C44H28N2/c1-2-12-31-26-34(23-20-29(31)10-1)45-41-17-7-5-15-36(41)38-27-32(21-24-43(38)45)33-22-25-44-39(28-33)37-16-6-8-18-42(37)46(44)40-19-9-13-30-11-3-4-14-35(30)40/h1-28H/i1D,2D,3D,4D,5D,6D,7D,8D,9D,10D,11D,12D,13D,14D,15D,16D,17D,18D,19D,20D,21D,22D,23D,24D,25D,26D,27D,28D. The van der Waals surface area contributed by atoms with Crippen molar-refractivity contribution in [2.24, 2.45) is 0 Å². The van der Waals surface area contributed by atoms with Crippen LogP contribution in [-0.4, -0.2) is 9.13 Å². The Morgan fingerprint density at radius 1 is 0.326 bits per heavy atom. The highest BCUT2D eigenvalue weighted by atomic mass is 15.0. The molecular formula is C44H28N2. The Morgan fingerprint density at radius 2 is 0.848 bits per heavy atom. The molecule has 0 aliphatic carbocycles. The summed E-state index contributed by atoms with van der Waals surface area (Å²) >= 11 is 0. The second-order valence-corrected chi connectivity index (χ2v) is 10.0. The summed E-state index contributed by atoms with van der Waals surface area (Å²) in [4.78, 5) is 0. The number of nitrogens with zero attached hydrogens (tertiary/aromatic N) is 2. The summed E-state index contributed by atoms with van der Waals surface area (Å²) < 4.78 is 253. The van der Waals surface area contributed by atoms with E-state index in [1.807, 2.05) is 0 Å². The zero-order valence-electron chi connectivity index (χ0n) is 50.9. The second kappa shape index (κ2) is 9.69. The molecule has 0 aliphatic rings. The van der Waals surface area contributed by atoms with Crippen LogP contribution >= 0.6 is 0 Å². The molecular weight excluding hydrogens is 556 g/mol. The molecule has 2 heterocycles. The largest absolute Gasteiger partial charge is 0.309 e. The Balaban J connectivity index is 1.44. The molecule has 46 heavy (non-hydrogen) atoms. The molecule has 10 aromatic rings. The van der Waals surface area contributed by atoms with Gasteiger partial charge in [-0.15, -0.1) is 0 Å². The summed E-state index contributed by atoms with van der Waals surface area (Å²) in [6, 6.07) is -25.0. The molecule has 0 saturated carbocycles. The third-order valence-electron chi connectivity index (χ3n) is 7.54. The molecule has 0 atom stereocenters. The summed E-state index contributed by atoms with van der Waals surface area (Å²) in [5.74, 6) is 0. The van der Waals surface area contributed by atoms with Crippen LogP contribution in [0.15, 0.2) is 169 Å². The van der Waals surface area contributed by atoms with Crippen molar-refractivity contribution in [1.29, 1.82) is 0 Å². The van der Waals surface area contributed by atoms with Crippen molar-refractivity contribution in [3.8, 4) is 22.5 Å². The Labute approximate surface area is 305 Å². The van der Waals surface area contributed by atoms with E-state index in [1.165, 1.54) is 0 Å². The van der Waals surface area contributed by atoms with Crippen LogP contribution in [0.25, 0.3) is 87.7 Å². The van der Waals surface area contributed by atoms with E-state index in [0.717, 1.165) is 9.13 Å². The fraction of sp³-hybridized carbons (Fsp3) is 0. The molecule has 0 spiro atoms. The minimum Gasteiger partial charge on any atom is -0.309 e. The first-order chi connectivity index (χ1) is 34.5. The quantitative estimate of drug-likeness (QED) is 0.188. The van der Waals surface area contributed by atoms with E-state index in [-0.39, 0.29) is 0 Å². The van der Waals surface area contributed by atoms with E-state index in [9.17, 15) is 9.60 Å². The van der Waals surface area contributed by atoms with Gasteiger partial charge < -0.3 is 9.13 Å². The van der Waals surface area contributed by atoms with Gasteiger partial charge in [0, 0.05) is 32.6 Å². The highest BCUT2D eigenvalue weighted by Gasteiger charge is 2.17. The van der Waals surface area contributed by atoms with Crippen LogP contribution in [-0.2, 0) is 0 Å². The van der Waals surface area contributed by atoms with Gasteiger partial charge in [-0.3, -0.25) is 0 Å². The van der Waals surface area contributed by atoms with Crippen molar-refractivity contribution in [1.82, 2.24) is 9.13 Å². The smallest absolute Gasteiger partial charge is 0.0651 e. The maximum Gasteiger partial charge on any atom is 0.0651 e.